The van der Waals surface area contributed by atoms with Crippen LogP contribution in [0, 0.1) is 0 Å². The van der Waals surface area contributed by atoms with Crippen LogP contribution in [0.25, 0.3) is 17.2 Å². The predicted octanol–water partition coefficient (Wildman–Crippen LogP) is 6.01. The number of benzene rings is 3. The van der Waals surface area contributed by atoms with Crippen LogP contribution >= 0.6 is 15.9 Å². The van der Waals surface area contributed by atoms with Gasteiger partial charge in [-0.25, -0.2) is 0 Å². The van der Waals surface area contributed by atoms with E-state index in [0.29, 0.717) is 5.56 Å². The summed E-state index contributed by atoms with van der Waals surface area (Å²) in [7, 11) is 0. The first-order valence-electron chi connectivity index (χ1n) is 7.36. The van der Waals surface area contributed by atoms with E-state index in [1.54, 1.807) is 6.08 Å². The van der Waals surface area contributed by atoms with Gasteiger partial charge >= 0.3 is 0 Å². The van der Waals surface area contributed by atoms with Gasteiger partial charge in [0.25, 0.3) is 0 Å². The highest BCUT2D eigenvalue weighted by atomic mass is 79.9. The van der Waals surface area contributed by atoms with E-state index in [0.717, 1.165) is 21.2 Å². The van der Waals surface area contributed by atoms with E-state index in [2.05, 4.69) is 40.2 Å². The molecule has 0 atom stereocenters. The van der Waals surface area contributed by atoms with Crippen molar-refractivity contribution in [1.29, 1.82) is 0 Å². The molecule has 0 bridgehead atoms. The summed E-state index contributed by atoms with van der Waals surface area (Å²) < 4.78 is 0.991. The first-order chi connectivity index (χ1) is 11.2. The summed E-state index contributed by atoms with van der Waals surface area (Å²) in [6, 6.07) is 25.6. The minimum absolute atomic E-state index is 0.00633. The Morgan fingerprint density at radius 1 is 0.783 bits per heavy atom. The number of hydrogen-bond acceptors (Lipinski definition) is 1. The fraction of sp³-hybridized carbons (Fsp3) is 0. The van der Waals surface area contributed by atoms with Gasteiger partial charge in [0.15, 0.2) is 5.78 Å². The molecule has 0 amide bonds. The number of allylic oxidation sites excluding steroid dienone is 1. The van der Waals surface area contributed by atoms with Crippen molar-refractivity contribution in [3.8, 4) is 11.1 Å². The van der Waals surface area contributed by atoms with Gasteiger partial charge in [-0.05, 0) is 41.0 Å². The molecule has 2 heteroatoms. The van der Waals surface area contributed by atoms with E-state index in [9.17, 15) is 4.79 Å². The summed E-state index contributed by atoms with van der Waals surface area (Å²) in [5, 5.41) is 0. The van der Waals surface area contributed by atoms with Gasteiger partial charge in [0.2, 0.25) is 0 Å². The molecule has 112 valence electrons. The number of hydrogen-bond donors (Lipinski definition) is 0. The molecule has 0 aliphatic carbocycles. The standard InChI is InChI=1S/C21H15BrO/c22-20-14-16(11-12-21(23)18-9-5-2-6-10-18)13-19(15-20)17-7-3-1-4-8-17/h1-15H/b12-11+. The molecule has 0 fully saturated rings. The molecule has 0 saturated carbocycles. The van der Waals surface area contributed by atoms with E-state index in [-0.39, 0.29) is 5.78 Å². The van der Waals surface area contributed by atoms with E-state index in [1.165, 1.54) is 0 Å². The Hall–Kier alpha value is -2.45. The Morgan fingerprint density at radius 2 is 1.43 bits per heavy atom. The average molecular weight is 363 g/mol. The van der Waals surface area contributed by atoms with E-state index in [1.807, 2.05) is 60.7 Å². The van der Waals surface area contributed by atoms with Crippen LogP contribution in [0.15, 0.2) is 89.4 Å². The Labute approximate surface area is 144 Å². The maximum atomic E-state index is 12.2. The Balaban J connectivity index is 1.88. The molecule has 3 aromatic rings. The van der Waals surface area contributed by atoms with E-state index < -0.39 is 0 Å². The molecule has 3 rings (SSSR count). The molecule has 0 aromatic heterocycles. The largest absolute Gasteiger partial charge is 0.289 e. The Kier molecular flexibility index (Phi) is 4.84. The molecule has 0 heterocycles. The maximum Gasteiger partial charge on any atom is 0.185 e. The fourth-order valence-corrected chi connectivity index (χ4v) is 2.89. The van der Waals surface area contributed by atoms with Gasteiger partial charge < -0.3 is 0 Å². The van der Waals surface area contributed by atoms with Crippen LogP contribution in [0.2, 0.25) is 0 Å². The van der Waals surface area contributed by atoms with Gasteiger partial charge in [0, 0.05) is 10.0 Å². The van der Waals surface area contributed by atoms with Gasteiger partial charge in [-0.3, -0.25) is 4.79 Å². The summed E-state index contributed by atoms with van der Waals surface area (Å²) in [6.07, 6.45) is 3.47. The van der Waals surface area contributed by atoms with Crippen molar-refractivity contribution in [2.45, 2.75) is 0 Å². The van der Waals surface area contributed by atoms with Crippen molar-refractivity contribution < 1.29 is 4.79 Å². The first kappa shape index (κ1) is 15.4. The highest BCUT2D eigenvalue weighted by molar-refractivity contribution is 9.10. The third-order valence-electron chi connectivity index (χ3n) is 3.51. The number of carbonyl (C=O) groups excluding carboxylic acids is 1. The number of carbonyl (C=O) groups is 1. The topological polar surface area (TPSA) is 17.1 Å². The molecule has 23 heavy (non-hydrogen) atoms. The highest BCUT2D eigenvalue weighted by Crippen LogP contribution is 2.25. The Morgan fingerprint density at radius 3 is 2.13 bits per heavy atom. The molecule has 0 spiro atoms. The zero-order valence-corrected chi connectivity index (χ0v) is 14.0. The van der Waals surface area contributed by atoms with Crippen LogP contribution < -0.4 is 0 Å². The second-order valence-electron chi connectivity index (χ2n) is 5.20. The molecule has 0 aliphatic rings. The third kappa shape index (κ3) is 4.05. The van der Waals surface area contributed by atoms with Gasteiger partial charge in [-0.2, -0.15) is 0 Å². The smallest absolute Gasteiger partial charge is 0.185 e. The minimum Gasteiger partial charge on any atom is -0.289 e. The predicted molar refractivity (Wildman–Crippen MR) is 99.4 cm³/mol. The van der Waals surface area contributed by atoms with Crippen molar-refractivity contribution in [1.82, 2.24) is 0 Å². The van der Waals surface area contributed by atoms with E-state index in [4.69, 9.17) is 0 Å². The summed E-state index contributed by atoms with van der Waals surface area (Å²) in [5.74, 6) is 0.00633. The van der Waals surface area contributed by atoms with Gasteiger partial charge in [-0.15, -0.1) is 0 Å². The van der Waals surface area contributed by atoms with Gasteiger partial charge in [0.1, 0.15) is 0 Å². The number of halogens is 1. The lowest BCUT2D eigenvalue weighted by Crippen LogP contribution is -1.92. The normalized spacial score (nSPS) is 10.8. The summed E-state index contributed by atoms with van der Waals surface area (Å²) in [5.41, 5.74) is 3.95. The molecule has 0 N–H and O–H groups in total. The van der Waals surface area contributed by atoms with E-state index >= 15 is 0 Å². The molecular formula is C21H15BrO. The third-order valence-corrected chi connectivity index (χ3v) is 3.97. The van der Waals surface area contributed by atoms with Gasteiger partial charge in [-0.1, -0.05) is 82.7 Å². The highest BCUT2D eigenvalue weighted by Gasteiger charge is 2.02. The monoisotopic (exact) mass is 362 g/mol. The summed E-state index contributed by atoms with van der Waals surface area (Å²) in [6.45, 7) is 0. The molecule has 0 saturated heterocycles. The van der Waals surface area contributed by atoms with Crippen LogP contribution in [0.4, 0.5) is 0 Å². The van der Waals surface area contributed by atoms with Crippen LogP contribution in [-0.4, -0.2) is 5.78 Å². The molecule has 1 nitrogen and oxygen atoms in total. The number of ketones is 1. The van der Waals surface area contributed by atoms with Crippen molar-refractivity contribution >= 4 is 27.8 Å². The second-order valence-corrected chi connectivity index (χ2v) is 6.12. The Bertz CT molecular complexity index is 836. The summed E-state index contributed by atoms with van der Waals surface area (Å²) in [4.78, 5) is 12.2. The molecule has 0 aliphatic heterocycles. The van der Waals surface area contributed by atoms with Gasteiger partial charge in [0.05, 0.1) is 0 Å². The molecule has 0 unspecified atom stereocenters. The molecule has 0 radical (unpaired) electrons. The van der Waals surface area contributed by atoms with Crippen molar-refractivity contribution in [3.63, 3.8) is 0 Å². The van der Waals surface area contributed by atoms with Crippen molar-refractivity contribution in [2.24, 2.45) is 0 Å². The zero-order valence-electron chi connectivity index (χ0n) is 12.4. The van der Waals surface area contributed by atoms with Crippen molar-refractivity contribution in [2.75, 3.05) is 0 Å². The SMILES string of the molecule is O=C(/C=C/c1cc(Br)cc(-c2ccccc2)c1)c1ccccc1. The quantitative estimate of drug-likeness (QED) is 0.410. The molecular weight excluding hydrogens is 348 g/mol. The average Bonchev–Trinajstić information content (AvgIpc) is 2.61. The first-order valence-corrected chi connectivity index (χ1v) is 8.15. The number of rotatable bonds is 4. The van der Waals surface area contributed by atoms with Crippen LogP contribution in [0.1, 0.15) is 15.9 Å². The summed E-state index contributed by atoms with van der Waals surface area (Å²) >= 11 is 3.54. The second kappa shape index (κ2) is 7.21. The molecule has 3 aromatic carbocycles. The van der Waals surface area contributed by atoms with Crippen LogP contribution in [0.3, 0.4) is 0 Å². The lowest BCUT2D eigenvalue weighted by Gasteiger charge is -2.04. The maximum absolute atomic E-state index is 12.2. The lowest BCUT2D eigenvalue weighted by molar-refractivity contribution is 0.104. The lowest BCUT2D eigenvalue weighted by atomic mass is 10.0. The minimum atomic E-state index is 0.00633. The van der Waals surface area contributed by atoms with Crippen molar-refractivity contribution in [3.05, 3.63) is 101 Å². The fourth-order valence-electron chi connectivity index (χ4n) is 2.38. The van der Waals surface area contributed by atoms with Crippen LogP contribution in [-0.2, 0) is 0 Å². The van der Waals surface area contributed by atoms with Crippen LogP contribution in [0.5, 0.6) is 0 Å². The zero-order chi connectivity index (χ0) is 16.1.